The maximum atomic E-state index is 5.86. The number of rotatable bonds is 5. The highest BCUT2D eigenvalue weighted by molar-refractivity contribution is 5.15. The molecule has 1 aromatic carbocycles. The molecule has 2 rings (SSSR count). The zero-order chi connectivity index (χ0) is 12.8. The van der Waals surface area contributed by atoms with Crippen LogP contribution in [0.25, 0.3) is 0 Å². The minimum Gasteiger partial charge on any atom is -0.373 e. The molecule has 1 fully saturated rings. The first-order valence-electron chi connectivity index (χ1n) is 6.56. The summed E-state index contributed by atoms with van der Waals surface area (Å²) in [5, 5.41) is 0. The van der Waals surface area contributed by atoms with Gasteiger partial charge >= 0.3 is 0 Å². The summed E-state index contributed by atoms with van der Waals surface area (Å²) in [5.41, 5.74) is 1.35. The Labute approximate surface area is 109 Å². The van der Waals surface area contributed by atoms with Crippen molar-refractivity contribution >= 4 is 0 Å². The van der Waals surface area contributed by atoms with Crippen LogP contribution in [0.2, 0.25) is 0 Å². The summed E-state index contributed by atoms with van der Waals surface area (Å²) in [7, 11) is 3.34. The molecule has 1 aromatic rings. The van der Waals surface area contributed by atoms with Crippen molar-refractivity contribution in [2.24, 2.45) is 5.92 Å². The average molecular weight is 250 g/mol. The molecule has 2 atom stereocenters. The van der Waals surface area contributed by atoms with Gasteiger partial charge in [0.2, 0.25) is 0 Å². The summed E-state index contributed by atoms with van der Waals surface area (Å²) < 4.78 is 16.6. The third-order valence-electron chi connectivity index (χ3n) is 3.57. The molecule has 3 nitrogen and oxygen atoms in total. The number of benzene rings is 1. The van der Waals surface area contributed by atoms with Gasteiger partial charge in [0.05, 0.1) is 0 Å². The maximum absolute atomic E-state index is 5.86. The lowest BCUT2D eigenvalue weighted by Crippen LogP contribution is -2.42. The van der Waals surface area contributed by atoms with Crippen LogP contribution in [0.1, 0.15) is 18.4 Å². The van der Waals surface area contributed by atoms with Crippen LogP contribution in [0.5, 0.6) is 0 Å². The van der Waals surface area contributed by atoms with E-state index in [1.165, 1.54) is 12.0 Å². The number of hydrogen-bond acceptors (Lipinski definition) is 3. The van der Waals surface area contributed by atoms with Crippen LogP contribution in [0.3, 0.4) is 0 Å². The van der Waals surface area contributed by atoms with Gasteiger partial charge in [0.25, 0.3) is 0 Å². The van der Waals surface area contributed by atoms with E-state index < -0.39 is 0 Å². The Morgan fingerprint density at radius 3 is 2.61 bits per heavy atom. The molecule has 18 heavy (non-hydrogen) atoms. The van der Waals surface area contributed by atoms with Gasteiger partial charge in [-0.2, -0.15) is 0 Å². The molecule has 1 aliphatic heterocycles. The van der Waals surface area contributed by atoms with Crippen LogP contribution >= 0.6 is 0 Å². The fraction of sp³-hybridized carbons (Fsp3) is 0.600. The van der Waals surface area contributed by atoms with E-state index in [4.69, 9.17) is 14.2 Å². The van der Waals surface area contributed by atoms with Crippen LogP contribution in [0, 0.1) is 5.92 Å². The second-order valence-electron chi connectivity index (χ2n) is 4.77. The van der Waals surface area contributed by atoms with E-state index in [0.29, 0.717) is 5.92 Å². The lowest BCUT2D eigenvalue weighted by atomic mass is 9.87. The van der Waals surface area contributed by atoms with Crippen LogP contribution in [0.4, 0.5) is 0 Å². The second-order valence-corrected chi connectivity index (χ2v) is 4.77. The van der Waals surface area contributed by atoms with Gasteiger partial charge in [0.1, 0.15) is 6.10 Å². The van der Waals surface area contributed by atoms with Crippen molar-refractivity contribution in [1.82, 2.24) is 0 Å². The summed E-state index contributed by atoms with van der Waals surface area (Å²) in [5.74, 6) is 0.464. The lowest BCUT2D eigenvalue weighted by Gasteiger charge is -2.35. The summed E-state index contributed by atoms with van der Waals surface area (Å²) >= 11 is 0. The lowest BCUT2D eigenvalue weighted by molar-refractivity contribution is -0.207. The predicted octanol–water partition coefficient (Wildman–Crippen LogP) is 2.64. The van der Waals surface area contributed by atoms with Crippen molar-refractivity contribution < 1.29 is 14.2 Å². The molecule has 0 saturated carbocycles. The fourth-order valence-corrected chi connectivity index (χ4v) is 2.67. The minimum atomic E-state index is -0.265. The molecule has 1 aliphatic rings. The van der Waals surface area contributed by atoms with Crippen molar-refractivity contribution in [3.8, 4) is 0 Å². The van der Waals surface area contributed by atoms with Crippen LogP contribution in [-0.2, 0) is 20.6 Å². The van der Waals surface area contributed by atoms with Gasteiger partial charge in [-0.1, -0.05) is 30.3 Å². The van der Waals surface area contributed by atoms with Crippen LogP contribution in [-0.4, -0.2) is 33.2 Å². The van der Waals surface area contributed by atoms with E-state index in [-0.39, 0.29) is 12.4 Å². The van der Waals surface area contributed by atoms with Crippen LogP contribution in [0.15, 0.2) is 30.3 Å². The zero-order valence-corrected chi connectivity index (χ0v) is 11.2. The standard InChI is InChI=1S/C15H22O3/c1-16-15(17-2)14-13(9-6-10-18-14)11-12-7-4-3-5-8-12/h3-5,7-8,13-15H,6,9-11H2,1-2H3. The second kappa shape index (κ2) is 6.88. The van der Waals surface area contributed by atoms with Gasteiger partial charge in [0, 0.05) is 20.8 Å². The van der Waals surface area contributed by atoms with Crippen molar-refractivity contribution in [3.05, 3.63) is 35.9 Å². The first kappa shape index (κ1) is 13.5. The SMILES string of the molecule is COC(OC)C1OCCCC1Cc1ccccc1. The third-order valence-corrected chi connectivity index (χ3v) is 3.57. The monoisotopic (exact) mass is 250 g/mol. The molecule has 0 radical (unpaired) electrons. The number of hydrogen-bond donors (Lipinski definition) is 0. The number of methoxy groups -OCH3 is 2. The zero-order valence-electron chi connectivity index (χ0n) is 11.2. The third kappa shape index (κ3) is 3.31. The van der Waals surface area contributed by atoms with Gasteiger partial charge in [-0.15, -0.1) is 0 Å². The average Bonchev–Trinajstić information content (AvgIpc) is 2.43. The molecule has 0 aliphatic carbocycles. The quantitative estimate of drug-likeness (QED) is 0.752. The molecule has 1 heterocycles. The molecule has 1 saturated heterocycles. The number of ether oxygens (including phenoxy) is 3. The van der Waals surface area contributed by atoms with E-state index in [1.807, 2.05) is 6.07 Å². The highest BCUT2D eigenvalue weighted by Crippen LogP contribution is 2.28. The molecular formula is C15H22O3. The normalized spacial score (nSPS) is 24.4. The van der Waals surface area contributed by atoms with E-state index in [2.05, 4.69) is 24.3 Å². The van der Waals surface area contributed by atoms with E-state index >= 15 is 0 Å². The first-order chi connectivity index (χ1) is 8.85. The molecule has 3 heteroatoms. The Morgan fingerprint density at radius 1 is 1.22 bits per heavy atom. The van der Waals surface area contributed by atoms with Crippen molar-refractivity contribution in [1.29, 1.82) is 0 Å². The molecule has 0 N–H and O–H groups in total. The minimum absolute atomic E-state index is 0.0361. The smallest absolute Gasteiger partial charge is 0.183 e. The predicted molar refractivity (Wildman–Crippen MR) is 70.4 cm³/mol. The highest BCUT2D eigenvalue weighted by Gasteiger charge is 2.33. The Balaban J connectivity index is 2.03. The van der Waals surface area contributed by atoms with Crippen molar-refractivity contribution in [3.63, 3.8) is 0 Å². The van der Waals surface area contributed by atoms with Gasteiger partial charge < -0.3 is 14.2 Å². The van der Waals surface area contributed by atoms with Gasteiger partial charge in [-0.3, -0.25) is 0 Å². The summed E-state index contributed by atoms with van der Waals surface area (Å²) in [6, 6.07) is 10.5. The summed E-state index contributed by atoms with van der Waals surface area (Å²) in [4.78, 5) is 0. The summed E-state index contributed by atoms with van der Waals surface area (Å²) in [6.45, 7) is 0.805. The van der Waals surface area contributed by atoms with Crippen molar-refractivity contribution in [2.45, 2.75) is 31.7 Å². The van der Waals surface area contributed by atoms with Gasteiger partial charge in [-0.05, 0) is 30.7 Å². The Hall–Kier alpha value is -0.900. The van der Waals surface area contributed by atoms with Crippen LogP contribution < -0.4 is 0 Å². The Morgan fingerprint density at radius 2 is 1.94 bits per heavy atom. The van der Waals surface area contributed by atoms with Crippen molar-refractivity contribution in [2.75, 3.05) is 20.8 Å². The van der Waals surface area contributed by atoms with E-state index in [9.17, 15) is 0 Å². The maximum Gasteiger partial charge on any atom is 0.183 e. The largest absolute Gasteiger partial charge is 0.373 e. The Bertz CT molecular complexity index is 335. The highest BCUT2D eigenvalue weighted by atomic mass is 16.7. The molecule has 0 aromatic heterocycles. The van der Waals surface area contributed by atoms with Gasteiger partial charge in [0.15, 0.2) is 6.29 Å². The van der Waals surface area contributed by atoms with E-state index in [1.54, 1.807) is 14.2 Å². The molecular weight excluding hydrogens is 228 g/mol. The first-order valence-corrected chi connectivity index (χ1v) is 6.56. The summed E-state index contributed by atoms with van der Waals surface area (Å²) in [6.07, 6.45) is 3.08. The molecule has 100 valence electrons. The Kier molecular flexibility index (Phi) is 5.17. The topological polar surface area (TPSA) is 27.7 Å². The van der Waals surface area contributed by atoms with Gasteiger partial charge in [-0.25, -0.2) is 0 Å². The molecule has 0 amide bonds. The fourth-order valence-electron chi connectivity index (χ4n) is 2.67. The molecule has 0 spiro atoms. The molecule has 0 bridgehead atoms. The molecule has 2 unspecified atom stereocenters. The van der Waals surface area contributed by atoms with E-state index in [0.717, 1.165) is 19.4 Å².